The molecule has 1 aromatic heterocycles. The zero-order chi connectivity index (χ0) is 13.8. The third-order valence-corrected chi connectivity index (χ3v) is 2.95. The molecule has 0 aliphatic rings. The highest BCUT2D eigenvalue weighted by atomic mass is 16.2. The van der Waals surface area contributed by atoms with Gasteiger partial charge in [-0.25, -0.2) is 4.98 Å². The molecule has 1 amide bonds. The number of nitrogens with one attached hydrogen (secondary N) is 2. The van der Waals surface area contributed by atoms with Crippen molar-refractivity contribution in [2.45, 2.75) is 52.2 Å². The van der Waals surface area contributed by atoms with Gasteiger partial charge in [0.25, 0.3) is 0 Å². The lowest BCUT2D eigenvalue weighted by molar-refractivity contribution is -0.124. The summed E-state index contributed by atoms with van der Waals surface area (Å²) in [6.07, 6.45) is 2.54. The molecule has 1 aromatic rings. The highest BCUT2D eigenvalue weighted by molar-refractivity contribution is 5.81. The van der Waals surface area contributed by atoms with E-state index in [1.807, 2.05) is 27.8 Å². The van der Waals surface area contributed by atoms with Crippen molar-refractivity contribution in [2.24, 2.45) is 7.05 Å². The van der Waals surface area contributed by atoms with Gasteiger partial charge in [0.15, 0.2) is 5.82 Å². The molecule has 6 nitrogen and oxygen atoms in total. The lowest BCUT2D eigenvalue weighted by Gasteiger charge is -2.26. The Morgan fingerprint density at radius 1 is 1.56 bits per heavy atom. The van der Waals surface area contributed by atoms with Gasteiger partial charge in [0.05, 0.1) is 12.6 Å². The normalized spacial score (nSPS) is 13.4. The van der Waals surface area contributed by atoms with Crippen LogP contribution in [0.3, 0.4) is 0 Å². The first-order chi connectivity index (χ1) is 8.34. The van der Waals surface area contributed by atoms with Gasteiger partial charge >= 0.3 is 0 Å². The van der Waals surface area contributed by atoms with Crippen LogP contribution in [-0.4, -0.2) is 32.3 Å². The van der Waals surface area contributed by atoms with Gasteiger partial charge < -0.3 is 5.32 Å². The summed E-state index contributed by atoms with van der Waals surface area (Å²) in [6.45, 7) is 8.40. The summed E-state index contributed by atoms with van der Waals surface area (Å²) < 4.78 is 1.64. The largest absolute Gasteiger partial charge is 0.350 e. The molecule has 0 aliphatic heterocycles. The van der Waals surface area contributed by atoms with Crippen LogP contribution in [0.4, 0.5) is 0 Å². The van der Waals surface area contributed by atoms with E-state index >= 15 is 0 Å². The summed E-state index contributed by atoms with van der Waals surface area (Å²) in [5.74, 6) is 0.685. The van der Waals surface area contributed by atoms with E-state index in [4.69, 9.17) is 0 Å². The maximum absolute atomic E-state index is 11.9. The van der Waals surface area contributed by atoms with Crippen molar-refractivity contribution in [3.8, 4) is 0 Å². The van der Waals surface area contributed by atoms with Crippen LogP contribution in [0.15, 0.2) is 6.33 Å². The summed E-state index contributed by atoms with van der Waals surface area (Å²) in [5.41, 5.74) is -0.170. The van der Waals surface area contributed by atoms with Crippen molar-refractivity contribution in [3.05, 3.63) is 12.2 Å². The Kier molecular flexibility index (Phi) is 4.84. The summed E-state index contributed by atoms with van der Waals surface area (Å²) in [7, 11) is 1.82. The van der Waals surface area contributed by atoms with E-state index < -0.39 is 0 Å². The zero-order valence-electron chi connectivity index (χ0n) is 11.8. The van der Waals surface area contributed by atoms with Gasteiger partial charge in [-0.1, -0.05) is 6.92 Å². The molecule has 1 atom stereocenters. The second-order valence-electron chi connectivity index (χ2n) is 5.16. The Labute approximate surface area is 108 Å². The zero-order valence-corrected chi connectivity index (χ0v) is 11.8. The summed E-state index contributed by atoms with van der Waals surface area (Å²) >= 11 is 0. The number of hydrogen-bond donors (Lipinski definition) is 2. The van der Waals surface area contributed by atoms with E-state index in [1.165, 1.54) is 0 Å². The van der Waals surface area contributed by atoms with Crippen molar-refractivity contribution in [1.29, 1.82) is 0 Å². The summed E-state index contributed by atoms with van der Waals surface area (Å²) in [5, 5.41) is 10.3. The van der Waals surface area contributed by atoms with Crippen molar-refractivity contribution in [3.63, 3.8) is 0 Å². The van der Waals surface area contributed by atoms with Gasteiger partial charge in [-0.05, 0) is 27.2 Å². The monoisotopic (exact) mass is 253 g/mol. The average Bonchev–Trinajstić information content (AvgIpc) is 2.71. The van der Waals surface area contributed by atoms with Crippen molar-refractivity contribution < 1.29 is 4.79 Å². The highest BCUT2D eigenvalue weighted by Crippen LogP contribution is 2.07. The number of aromatic nitrogens is 3. The van der Waals surface area contributed by atoms with E-state index in [0.717, 1.165) is 6.42 Å². The Morgan fingerprint density at radius 2 is 2.22 bits per heavy atom. The first-order valence-electron chi connectivity index (χ1n) is 6.24. The Balaban J connectivity index is 2.41. The molecule has 0 bridgehead atoms. The second-order valence-corrected chi connectivity index (χ2v) is 5.16. The van der Waals surface area contributed by atoms with Gasteiger partial charge in [-0.15, -0.1) is 0 Å². The molecule has 0 spiro atoms. The minimum Gasteiger partial charge on any atom is -0.350 e. The summed E-state index contributed by atoms with van der Waals surface area (Å²) in [6, 6.07) is -0.264. The van der Waals surface area contributed by atoms with Crippen LogP contribution in [0.2, 0.25) is 0 Å². The molecule has 2 N–H and O–H groups in total. The smallest absolute Gasteiger partial charge is 0.237 e. The maximum atomic E-state index is 11.9. The van der Waals surface area contributed by atoms with Crippen LogP contribution in [-0.2, 0) is 18.4 Å². The molecule has 0 saturated carbocycles. The third kappa shape index (κ3) is 4.44. The number of amides is 1. The van der Waals surface area contributed by atoms with Gasteiger partial charge in [0.2, 0.25) is 5.91 Å². The molecular weight excluding hydrogens is 230 g/mol. The van der Waals surface area contributed by atoms with Crippen molar-refractivity contribution in [2.75, 3.05) is 0 Å². The molecule has 0 radical (unpaired) electrons. The number of aryl methyl sites for hydroxylation is 1. The predicted molar refractivity (Wildman–Crippen MR) is 69.8 cm³/mol. The van der Waals surface area contributed by atoms with Gasteiger partial charge in [-0.3, -0.25) is 14.8 Å². The number of rotatable bonds is 6. The quantitative estimate of drug-likeness (QED) is 0.778. The molecule has 0 aromatic carbocycles. The molecule has 6 heteroatoms. The molecule has 0 fully saturated rings. The fourth-order valence-corrected chi connectivity index (χ4v) is 1.33. The van der Waals surface area contributed by atoms with Gasteiger partial charge in [-0.2, -0.15) is 5.10 Å². The number of carbonyl (C=O) groups excluding carboxylic acids is 1. The molecule has 1 heterocycles. The van der Waals surface area contributed by atoms with Gasteiger partial charge in [0.1, 0.15) is 6.33 Å². The second kappa shape index (κ2) is 5.95. The van der Waals surface area contributed by atoms with Crippen LogP contribution in [0.1, 0.15) is 39.9 Å². The van der Waals surface area contributed by atoms with Crippen molar-refractivity contribution >= 4 is 5.91 Å². The molecule has 1 unspecified atom stereocenters. The summed E-state index contributed by atoms with van der Waals surface area (Å²) in [4.78, 5) is 16.0. The number of carbonyl (C=O) groups is 1. The Bertz CT molecular complexity index is 399. The Hall–Kier alpha value is -1.43. The van der Waals surface area contributed by atoms with Crippen LogP contribution >= 0.6 is 0 Å². The molecule has 18 heavy (non-hydrogen) atoms. The van der Waals surface area contributed by atoms with E-state index in [0.29, 0.717) is 12.4 Å². The molecule has 102 valence electrons. The van der Waals surface area contributed by atoms with Crippen molar-refractivity contribution in [1.82, 2.24) is 25.4 Å². The van der Waals surface area contributed by atoms with E-state index in [1.54, 1.807) is 11.0 Å². The van der Waals surface area contributed by atoms with E-state index in [-0.39, 0.29) is 17.5 Å². The molecule has 0 aliphatic carbocycles. The molecule has 1 rings (SSSR count). The number of hydrogen-bond acceptors (Lipinski definition) is 4. The highest BCUT2D eigenvalue weighted by Gasteiger charge is 2.21. The topological polar surface area (TPSA) is 71.8 Å². The van der Waals surface area contributed by atoms with Crippen LogP contribution in [0, 0.1) is 0 Å². The lowest BCUT2D eigenvalue weighted by Crippen LogP contribution is -2.50. The van der Waals surface area contributed by atoms with Crippen LogP contribution in [0.5, 0.6) is 0 Å². The number of nitrogens with zero attached hydrogens (tertiary/aromatic N) is 3. The fourth-order valence-electron chi connectivity index (χ4n) is 1.33. The predicted octanol–water partition coefficient (Wildman–Crippen LogP) is 0.598. The average molecular weight is 253 g/mol. The van der Waals surface area contributed by atoms with E-state index in [9.17, 15) is 4.79 Å². The van der Waals surface area contributed by atoms with Gasteiger partial charge in [0, 0.05) is 12.6 Å². The van der Waals surface area contributed by atoms with Crippen LogP contribution in [0.25, 0.3) is 0 Å². The maximum Gasteiger partial charge on any atom is 0.237 e. The minimum absolute atomic E-state index is 0.00205. The molecular formula is C12H23N5O. The molecule has 0 saturated heterocycles. The third-order valence-electron chi connectivity index (χ3n) is 2.95. The Morgan fingerprint density at radius 3 is 2.72 bits per heavy atom. The lowest BCUT2D eigenvalue weighted by atomic mass is 10.0. The first-order valence-corrected chi connectivity index (χ1v) is 6.24. The fraction of sp³-hybridized carbons (Fsp3) is 0.750. The van der Waals surface area contributed by atoms with Crippen LogP contribution < -0.4 is 10.6 Å². The van der Waals surface area contributed by atoms with E-state index in [2.05, 4.69) is 27.6 Å². The first kappa shape index (κ1) is 14.6. The SMILES string of the molecule is CCC(C)(C)NC(=O)C(C)NCc1ncn(C)n1. The standard InChI is InChI=1S/C12H23N5O/c1-6-12(3,4)15-11(18)9(2)13-7-10-14-8-17(5)16-10/h8-9,13H,6-7H2,1-5H3,(H,15,18). The minimum atomic E-state index is -0.264.